The normalized spacial score (nSPS) is 15.6. The fourth-order valence-electron chi connectivity index (χ4n) is 0.898. The summed E-state index contributed by atoms with van der Waals surface area (Å²) in [7, 11) is 0. The van der Waals surface area contributed by atoms with Crippen LogP contribution in [0.5, 0.6) is 0 Å². The molecule has 0 saturated carbocycles. The lowest BCUT2D eigenvalue weighted by Gasteiger charge is -2.15. The molecule has 4 heteroatoms. The van der Waals surface area contributed by atoms with Crippen LogP contribution in [0, 0.1) is 0 Å². The van der Waals surface area contributed by atoms with Gasteiger partial charge in [0.1, 0.15) is 0 Å². The summed E-state index contributed by atoms with van der Waals surface area (Å²) in [6.45, 7) is -0.240. The number of rotatable bonds is 3. The Bertz CT molecular complexity index is 228. The quantitative estimate of drug-likeness (QED) is 0.565. The fourth-order valence-corrected chi connectivity index (χ4v) is 0.898. The molecule has 4 N–H and O–H groups in total. The molecule has 1 rings (SSSR count). The van der Waals surface area contributed by atoms with E-state index in [1.165, 1.54) is 6.20 Å². The Balaban J connectivity index is 2.71. The zero-order valence-electron chi connectivity index (χ0n) is 6.59. The average molecular weight is 168 g/mol. The Morgan fingerprint density at radius 2 is 2.33 bits per heavy atom. The van der Waals surface area contributed by atoms with Gasteiger partial charge in [0.25, 0.3) is 0 Å². The van der Waals surface area contributed by atoms with Crippen molar-refractivity contribution in [3.63, 3.8) is 0 Å². The summed E-state index contributed by atoms with van der Waals surface area (Å²) in [4.78, 5) is 3.83. The van der Waals surface area contributed by atoms with E-state index in [2.05, 4.69) is 4.98 Å². The van der Waals surface area contributed by atoms with Crippen LogP contribution in [0.1, 0.15) is 11.7 Å². The molecule has 0 fully saturated rings. The van der Waals surface area contributed by atoms with Crippen LogP contribution in [-0.4, -0.2) is 27.8 Å². The molecule has 0 spiro atoms. The lowest BCUT2D eigenvalue weighted by molar-refractivity contribution is 0.109. The second kappa shape index (κ2) is 4.15. The van der Waals surface area contributed by atoms with Crippen molar-refractivity contribution in [3.8, 4) is 0 Å². The van der Waals surface area contributed by atoms with E-state index in [0.29, 0.717) is 5.56 Å². The number of aliphatic hydroxyl groups excluding tert-OH is 2. The number of pyridine rings is 1. The average Bonchev–Trinajstić information content (AvgIpc) is 2.17. The Kier molecular flexibility index (Phi) is 3.16. The van der Waals surface area contributed by atoms with Gasteiger partial charge in [-0.3, -0.25) is 4.98 Å². The maximum atomic E-state index is 9.46. The lowest BCUT2D eigenvalue weighted by atomic mass is 10.1. The van der Waals surface area contributed by atoms with E-state index < -0.39 is 12.1 Å². The highest BCUT2D eigenvalue weighted by Crippen LogP contribution is 2.12. The van der Waals surface area contributed by atoms with Crippen LogP contribution in [0.2, 0.25) is 0 Å². The van der Waals surface area contributed by atoms with Crippen molar-refractivity contribution in [3.05, 3.63) is 30.1 Å². The highest BCUT2D eigenvalue weighted by molar-refractivity contribution is 5.13. The van der Waals surface area contributed by atoms with Gasteiger partial charge in [0.15, 0.2) is 0 Å². The number of aliphatic hydroxyl groups is 2. The van der Waals surface area contributed by atoms with Gasteiger partial charge in [-0.15, -0.1) is 0 Å². The van der Waals surface area contributed by atoms with Gasteiger partial charge >= 0.3 is 0 Å². The molecule has 0 saturated heterocycles. The zero-order chi connectivity index (χ0) is 8.97. The van der Waals surface area contributed by atoms with Crippen molar-refractivity contribution >= 4 is 0 Å². The highest BCUT2D eigenvalue weighted by atomic mass is 16.3. The summed E-state index contributed by atoms with van der Waals surface area (Å²) in [6.07, 6.45) is 2.30. The van der Waals surface area contributed by atoms with E-state index >= 15 is 0 Å². The number of nitrogens with zero attached hydrogens (tertiary/aromatic N) is 1. The SMILES string of the molecule is NC(CO)C(O)c1cccnc1. The third kappa shape index (κ3) is 2.01. The van der Waals surface area contributed by atoms with E-state index in [-0.39, 0.29) is 6.61 Å². The van der Waals surface area contributed by atoms with Gasteiger partial charge in [-0.2, -0.15) is 0 Å². The largest absolute Gasteiger partial charge is 0.395 e. The molecule has 0 aliphatic carbocycles. The molecule has 0 amide bonds. The molecule has 0 aliphatic rings. The van der Waals surface area contributed by atoms with Crippen molar-refractivity contribution in [1.82, 2.24) is 4.98 Å². The second-order valence-electron chi connectivity index (χ2n) is 2.58. The molecule has 0 aromatic carbocycles. The molecule has 12 heavy (non-hydrogen) atoms. The Hall–Kier alpha value is -0.970. The monoisotopic (exact) mass is 168 g/mol. The maximum absolute atomic E-state index is 9.46. The smallest absolute Gasteiger partial charge is 0.0978 e. The predicted molar refractivity (Wildman–Crippen MR) is 44.3 cm³/mol. The van der Waals surface area contributed by atoms with Gasteiger partial charge in [0.2, 0.25) is 0 Å². The molecule has 1 aromatic rings. The van der Waals surface area contributed by atoms with E-state index in [1.54, 1.807) is 18.3 Å². The summed E-state index contributed by atoms with van der Waals surface area (Å²) in [5.74, 6) is 0. The summed E-state index contributed by atoms with van der Waals surface area (Å²) >= 11 is 0. The number of hydrogen-bond acceptors (Lipinski definition) is 4. The molecule has 1 heterocycles. The molecule has 1 aromatic heterocycles. The van der Waals surface area contributed by atoms with Crippen LogP contribution in [0.15, 0.2) is 24.5 Å². The maximum Gasteiger partial charge on any atom is 0.0978 e. The van der Waals surface area contributed by atoms with Crippen molar-refractivity contribution in [2.24, 2.45) is 5.73 Å². The molecule has 2 atom stereocenters. The van der Waals surface area contributed by atoms with Crippen molar-refractivity contribution in [2.45, 2.75) is 12.1 Å². The van der Waals surface area contributed by atoms with E-state index in [9.17, 15) is 5.11 Å². The summed E-state index contributed by atoms with van der Waals surface area (Å²) in [5, 5.41) is 18.1. The molecule has 0 bridgehead atoms. The van der Waals surface area contributed by atoms with Crippen LogP contribution in [0.3, 0.4) is 0 Å². The van der Waals surface area contributed by atoms with Crippen LogP contribution in [0.25, 0.3) is 0 Å². The first-order valence-corrected chi connectivity index (χ1v) is 3.70. The summed E-state index contributed by atoms with van der Waals surface area (Å²) in [6, 6.07) is 2.78. The van der Waals surface area contributed by atoms with Gasteiger partial charge in [-0.05, 0) is 6.07 Å². The predicted octanol–water partition coefficient (Wildman–Crippen LogP) is -0.565. The third-order valence-corrected chi connectivity index (χ3v) is 1.64. The number of aromatic nitrogens is 1. The summed E-state index contributed by atoms with van der Waals surface area (Å²) in [5.41, 5.74) is 6.04. The van der Waals surface area contributed by atoms with Gasteiger partial charge in [-0.25, -0.2) is 0 Å². The van der Waals surface area contributed by atoms with Gasteiger partial charge in [0, 0.05) is 18.0 Å². The standard InChI is InChI=1S/C8H12N2O2/c9-7(5-11)8(12)6-2-1-3-10-4-6/h1-4,7-8,11-12H,5,9H2. The topological polar surface area (TPSA) is 79.4 Å². The molecule has 66 valence electrons. The van der Waals surface area contributed by atoms with Crippen molar-refractivity contribution < 1.29 is 10.2 Å². The number of nitrogens with two attached hydrogens (primary N) is 1. The first-order valence-electron chi connectivity index (χ1n) is 3.70. The van der Waals surface area contributed by atoms with Crippen LogP contribution < -0.4 is 5.73 Å². The molecule has 0 aliphatic heterocycles. The fraction of sp³-hybridized carbons (Fsp3) is 0.375. The Morgan fingerprint density at radius 1 is 1.58 bits per heavy atom. The Morgan fingerprint density at radius 3 is 2.83 bits per heavy atom. The van der Waals surface area contributed by atoms with E-state index in [4.69, 9.17) is 10.8 Å². The van der Waals surface area contributed by atoms with Gasteiger partial charge in [0.05, 0.1) is 18.8 Å². The molecule has 0 radical (unpaired) electrons. The van der Waals surface area contributed by atoms with Gasteiger partial charge < -0.3 is 15.9 Å². The first kappa shape index (κ1) is 9.12. The van der Waals surface area contributed by atoms with Crippen LogP contribution in [-0.2, 0) is 0 Å². The van der Waals surface area contributed by atoms with Crippen LogP contribution in [0.4, 0.5) is 0 Å². The minimum atomic E-state index is -0.844. The molecule has 4 nitrogen and oxygen atoms in total. The third-order valence-electron chi connectivity index (χ3n) is 1.64. The Labute approximate surface area is 70.7 Å². The minimum Gasteiger partial charge on any atom is -0.395 e. The zero-order valence-corrected chi connectivity index (χ0v) is 6.59. The van der Waals surface area contributed by atoms with E-state index in [0.717, 1.165) is 0 Å². The molecule has 2 unspecified atom stereocenters. The van der Waals surface area contributed by atoms with Gasteiger partial charge in [-0.1, -0.05) is 6.07 Å². The summed E-state index contributed by atoms with van der Waals surface area (Å²) < 4.78 is 0. The highest BCUT2D eigenvalue weighted by Gasteiger charge is 2.15. The van der Waals surface area contributed by atoms with Crippen molar-refractivity contribution in [1.29, 1.82) is 0 Å². The molecular formula is C8H12N2O2. The number of hydrogen-bond donors (Lipinski definition) is 3. The van der Waals surface area contributed by atoms with Crippen molar-refractivity contribution in [2.75, 3.05) is 6.61 Å². The molecular weight excluding hydrogens is 156 g/mol. The second-order valence-corrected chi connectivity index (χ2v) is 2.58. The van der Waals surface area contributed by atoms with E-state index in [1.807, 2.05) is 0 Å². The minimum absolute atomic E-state index is 0.240. The van der Waals surface area contributed by atoms with Crippen LogP contribution >= 0.6 is 0 Å². The lowest BCUT2D eigenvalue weighted by Crippen LogP contribution is -2.31. The first-order chi connectivity index (χ1) is 5.75.